The monoisotopic (exact) mass is 307 g/mol. The molecule has 0 saturated carbocycles. The van der Waals surface area contributed by atoms with Crippen molar-refractivity contribution in [2.75, 3.05) is 26.4 Å². The van der Waals surface area contributed by atoms with Gasteiger partial charge in [-0.25, -0.2) is 9.18 Å². The first-order valence-corrected chi connectivity index (χ1v) is 6.81. The third-order valence-electron chi connectivity index (χ3n) is 3.58. The molecule has 22 heavy (non-hydrogen) atoms. The Labute approximate surface area is 123 Å². The van der Waals surface area contributed by atoms with Crippen LogP contribution in [0.15, 0.2) is 27.8 Å². The van der Waals surface area contributed by atoms with Crippen LogP contribution in [-0.2, 0) is 4.74 Å². The molecule has 3 rings (SSSR count). The van der Waals surface area contributed by atoms with Crippen molar-refractivity contribution in [3.8, 4) is 0 Å². The molecule has 1 aromatic heterocycles. The summed E-state index contributed by atoms with van der Waals surface area (Å²) < 4.78 is 17.9. The van der Waals surface area contributed by atoms with Crippen molar-refractivity contribution in [3.63, 3.8) is 0 Å². The number of amides is 1. The molecule has 1 fully saturated rings. The number of rotatable bonds is 2. The van der Waals surface area contributed by atoms with Gasteiger partial charge in [0.2, 0.25) is 0 Å². The summed E-state index contributed by atoms with van der Waals surface area (Å²) in [5.74, 6) is -0.297. The van der Waals surface area contributed by atoms with E-state index in [9.17, 15) is 18.8 Å². The molecule has 2 N–H and O–H groups in total. The molecule has 0 aliphatic carbocycles. The summed E-state index contributed by atoms with van der Waals surface area (Å²) in [4.78, 5) is 41.5. The highest BCUT2D eigenvalue weighted by molar-refractivity contribution is 5.97. The number of nitrogens with one attached hydrogen (secondary N) is 2. The summed E-state index contributed by atoms with van der Waals surface area (Å²) in [5.41, 5.74) is -0.494. The van der Waals surface area contributed by atoms with E-state index in [0.717, 1.165) is 0 Å². The van der Waals surface area contributed by atoms with Gasteiger partial charge >= 0.3 is 5.69 Å². The van der Waals surface area contributed by atoms with Crippen LogP contribution >= 0.6 is 0 Å². The van der Waals surface area contributed by atoms with Gasteiger partial charge in [-0.15, -0.1) is 0 Å². The fourth-order valence-electron chi connectivity index (χ4n) is 2.48. The minimum Gasteiger partial charge on any atom is -0.372 e. The van der Waals surface area contributed by atoms with Crippen LogP contribution in [0.1, 0.15) is 10.4 Å². The molecular weight excluding hydrogens is 293 g/mol. The van der Waals surface area contributed by atoms with E-state index in [1.807, 2.05) is 0 Å². The third kappa shape index (κ3) is 2.64. The number of carbonyl (C=O) groups is 1. The molecule has 0 bridgehead atoms. The lowest BCUT2D eigenvalue weighted by atomic mass is 10.1. The molecule has 7 nitrogen and oxygen atoms in total. The second kappa shape index (κ2) is 5.72. The van der Waals surface area contributed by atoms with Crippen molar-refractivity contribution in [2.45, 2.75) is 6.10 Å². The molecule has 1 atom stereocenters. The largest absolute Gasteiger partial charge is 0.372 e. The fourth-order valence-corrected chi connectivity index (χ4v) is 2.48. The summed E-state index contributed by atoms with van der Waals surface area (Å²) in [6.07, 6.45) is -0.613. The lowest BCUT2D eigenvalue weighted by molar-refractivity contribution is -0.0310. The van der Waals surface area contributed by atoms with E-state index < -0.39 is 24.0 Å². The number of benzene rings is 1. The van der Waals surface area contributed by atoms with Crippen molar-refractivity contribution < 1.29 is 13.9 Å². The highest BCUT2D eigenvalue weighted by Crippen LogP contribution is 2.14. The van der Waals surface area contributed by atoms with Crippen LogP contribution in [0.3, 0.4) is 0 Å². The minimum absolute atomic E-state index is 0.176. The van der Waals surface area contributed by atoms with Crippen LogP contribution in [0.25, 0.3) is 10.9 Å². The van der Waals surface area contributed by atoms with Crippen LogP contribution in [-0.4, -0.2) is 53.2 Å². The summed E-state index contributed by atoms with van der Waals surface area (Å²) >= 11 is 0. The highest BCUT2D eigenvalue weighted by Gasteiger charge is 2.25. The molecular formula is C14H14FN3O4. The van der Waals surface area contributed by atoms with E-state index in [1.54, 1.807) is 0 Å². The topological polar surface area (TPSA) is 95.3 Å². The standard InChI is InChI=1S/C14H14FN3O4/c15-6-9-7-18(3-4-22-9)13(20)8-1-2-11-10(5-8)12(19)17-14(21)16-11/h1-2,5,9H,3-4,6-7H2,(H2,16,17,19,21). The molecule has 1 aromatic carbocycles. The zero-order valence-electron chi connectivity index (χ0n) is 11.6. The second-order valence-corrected chi connectivity index (χ2v) is 5.07. The highest BCUT2D eigenvalue weighted by atomic mass is 19.1. The fraction of sp³-hybridized carbons (Fsp3) is 0.357. The minimum atomic E-state index is -0.650. The number of halogens is 1. The SMILES string of the molecule is O=C(c1ccc2[nH]c(=O)[nH]c(=O)c2c1)N1CCOC(CF)C1. The normalized spacial score (nSPS) is 18.6. The van der Waals surface area contributed by atoms with Gasteiger partial charge in [-0.1, -0.05) is 0 Å². The predicted octanol–water partition coefficient (Wildman–Crippen LogP) is 0.0269. The van der Waals surface area contributed by atoms with E-state index in [4.69, 9.17) is 4.74 Å². The van der Waals surface area contributed by atoms with Crippen LogP contribution in [0, 0.1) is 0 Å². The maximum absolute atomic E-state index is 12.7. The number of alkyl halides is 1. The van der Waals surface area contributed by atoms with Crippen molar-refractivity contribution >= 4 is 16.8 Å². The van der Waals surface area contributed by atoms with E-state index in [2.05, 4.69) is 9.97 Å². The Morgan fingerprint density at radius 1 is 1.36 bits per heavy atom. The summed E-state index contributed by atoms with van der Waals surface area (Å²) in [6.45, 7) is 0.176. The number of aromatic nitrogens is 2. The van der Waals surface area contributed by atoms with Crippen LogP contribution in [0.5, 0.6) is 0 Å². The number of carbonyl (C=O) groups excluding carboxylic acids is 1. The molecule has 2 aromatic rings. The van der Waals surface area contributed by atoms with Gasteiger partial charge in [0.05, 0.1) is 17.5 Å². The van der Waals surface area contributed by atoms with Crippen LogP contribution in [0.4, 0.5) is 4.39 Å². The van der Waals surface area contributed by atoms with Gasteiger partial charge in [-0.05, 0) is 18.2 Å². The predicted molar refractivity (Wildman–Crippen MR) is 76.8 cm³/mol. The first kappa shape index (κ1) is 14.5. The zero-order chi connectivity index (χ0) is 15.7. The first-order valence-electron chi connectivity index (χ1n) is 6.81. The summed E-state index contributed by atoms with van der Waals surface area (Å²) in [7, 11) is 0. The quantitative estimate of drug-likeness (QED) is 0.818. The number of aromatic amines is 2. The Balaban J connectivity index is 1.94. The van der Waals surface area contributed by atoms with Gasteiger partial charge in [0, 0.05) is 18.7 Å². The third-order valence-corrected chi connectivity index (χ3v) is 3.58. The lowest BCUT2D eigenvalue weighted by Gasteiger charge is -2.31. The number of H-pyrrole nitrogens is 2. The Hall–Kier alpha value is -2.48. The molecule has 1 saturated heterocycles. The summed E-state index contributed by atoms with van der Waals surface area (Å²) in [6, 6.07) is 4.46. The van der Waals surface area contributed by atoms with Crippen LogP contribution in [0.2, 0.25) is 0 Å². The Bertz CT molecular complexity index is 829. The van der Waals surface area contributed by atoms with Crippen molar-refractivity contribution in [2.24, 2.45) is 0 Å². The molecule has 2 heterocycles. The lowest BCUT2D eigenvalue weighted by Crippen LogP contribution is -2.46. The van der Waals surface area contributed by atoms with Gasteiger partial charge in [0.15, 0.2) is 0 Å². The Morgan fingerprint density at radius 2 is 2.18 bits per heavy atom. The molecule has 1 aliphatic heterocycles. The molecule has 1 aliphatic rings. The van der Waals surface area contributed by atoms with Gasteiger partial charge in [-0.3, -0.25) is 14.6 Å². The van der Waals surface area contributed by atoms with Gasteiger partial charge in [0.25, 0.3) is 11.5 Å². The number of nitrogens with zero attached hydrogens (tertiary/aromatic N) is 1. The number of ether oxygens (including phenoxy) is 1. The van der Waals surface area contributed by atoms with E-state index in [-0.39, 0.29) is 24.4 Å². The molecule has 116 valence electrons. The summed E-state index contributed by atoms with van der Waals surface area (Å²) in [5, 5.41) is 0.223. The first-order chi connectivity index (χ1) is 10.6. The number of hydrogen-bond acceptors (Lipinski definition) is 4. The second-order valence-electron chi connectivity index (χ2n) is 5.07. The zero-order valence-corrected chi connectivity index (χ0v) is 11.6. The Kier molecular flexibility index (Phi) is 3.76. The maximum atomic E-state index is 12.7. The molecule has 1 unspecified atom stereocenters. The van der Waals surface area contributed by atoms with Crippen molar-refractivity contribution in [1.82, 2.24) is 14.9 Å². The average Bonchev–Trinajstić information content (AvgIpc) is 2.54. The van der Waals surface area contributed by atoms with E-state index >= 15 is 0 Å². The molecule has 1 amide bonds. The van der Waals surface area contributed by atoms with E-state index in [1.165, 1.54) is 23.1 Å². The van der Waals surface area contributed by atoms with Crippen molar-refractivity contribution in [3.05, 3.63) is 44.6 Å². The van der Waals surface area contributed by atoms with Gasteiger partial charge in [-0.2, -0.15) is 0 Å². The molecule has 0 radical (unpaired) electrons. The molecule has 0 spiro atoms. The number of morpholine rings is 1. The van der Waals surface area contributed by atoms with Gasteiger partial charge in [0.1, 0.15) is 12.8 Å². The van der Waals surface area contributed by atoms with E-state index in [0.29, 0.717) is 17.6 Å². The van der Waals surface area contributed by atoms with Crippen molar-refractivity contribution in [1.29, 1.82) is 0 Å². The number of fused-ring (bicyclic) bond motifs is 1. The average molecular weight is 307 g/mol. The number of hydrogen-bond donors (Lipinski definition) is 2. The molecule has 8 heteroatoms. The Morgan fingerprint density at radius 3 is 2.95 bits per heavy atom. The van der Waals surface area contributed by atoms with Gasteiger partial charge < -0.3 is 14.6 Å². The maximum Gasteiger partial charge on any atom is 0.326 e. The smallest absolute Gasteiger partial charge is 0.326 e. The van der Waals surface area contributed by atoms with Crippen LogP contribution < -0.4 is 11.2 Å².